The van der Waals surface area contributed by atoms with Crippen molar-refractivity contribution in [2.75, 3.05) is 68.7 Å². The normalized spacial score (nSPS) is 12.0. The van der Waals surface area contributed by atoms with Crippen LogP contribution < -0.4 is 23.7 Å². The van der Waals surface area contributed by atoms with Gasteiger partial charge in [-0.15, -0.1) is 0 Å². The molecule has 14 nitrogen and oxygen atoms in total. The van der Waals surface area contributed by atoms with Gasteiger partial charge in [-0.2, -0.15) is 0 Å². The second kappa shape index (κ2) is 25.6. The van der Waals surface area contributed by atoms with Crippen LogP contribution in [-0.4, -0.2) is 120 Å². The number of hydrogen-bond acceptors (Lipinski definition) is 13. The molecule has 2 atom stereocenters. The van der Waals surface area contributed by atoms with Crippen molar-refractivity contribution in [3.8, 4) is 28.7 Å². The maximum atomic E-state index is 13.1. The van der Waals surface area contributed by atoms with Gasteiger partial charge in [-0.25, -0.2) is 0 Å². The Hall–Kier alpha value is -6.12. The van der Waals surface area contributed by atoms with Gasteiger partial charge >= 0.3 is 23.9 Å². The zero-order chi connectivity index (χ0) is 44.9. The average molecular weight is 857 g/mol. The van der Waals surface area contributed by atoms with Gasteiger partial charge in [0.2, 0.25) is 0 Å². The molecule has 0 radical (unpaired) electrons. The van der Waals surface area contributed by atoms with Gasteiger partial charge in [-0.1, -0.05) is 48.5 Å². The van der Waals surface area contributed by atoms with Crippen LogP contribution >= 0.6 is 0 Å². The maximum Gasteiger partial charge on any atom is 0.311 e. The summed E-state index contributed by atoms with van der Waals surface area (Å²) in [6.45, 7) is 0.808. The minimum absolute atomic E-state index is 0.0425. The second-order valence-electron chi connectivity index (χ2n) is 15.3. The summed E-state index contributed by atoms with van der Waals surface area (Å²) in [6.07, 6.45) is 0.379. The number of para-hydroxylation sites is 1. The zero-order valence-electron chi connectivity index (χ0n) is 36.6. The Labute approximate surface area is 364 Å². The Morgan fingerprint density at radius 1 is 0.532 bits per heavy atom. The van der Waals surface area contributed by atoms with E-state index < -0.39 is 36.1 Å². The molecule has 4 aromatic carbocycles. The summed E-state index contributed by atoms with van der Waals surface area (Å²) >= 11 is 0. The maximum absolute atomic E-state index is 13.1. The van der Waals surface area contributed by atoms with Crippen molar-refractivity contribution < 1.29 is 57.4 Å². The van der Waals surface area contributed by atoms with E-state index in [4.69, 9.17) is 38.3 Å². The molecule has 0 amide bonds. The number of benzene rings is 4. The summed E-state index contributed by atoms with van der Waals surface area (Å²) < 4.78 is 40.2. The molecule has 1 N–H and O–H groups in total. The zero-order valence-corrected chi connectivity index (χ0v) is 36.6. The van der Waals surface area contributed by atoms with E-state index in [0.29, 0.717) is 37.4 Å². The molecule has 62 heavy (non-hydrogen) atoms. The molecule has 0 aliphatic rings. The molecule has 4 aromatic rings. The van der Waals surface area contributed by atoms with Crippen LogP contribution in [0.15, 0.2) is 91.0 Å². The second-order valence-corrected chi connectivity index (χ2v) is 15.3. The van der Waals surface area contributed by atoms with Gasteiger partial charge in [0.05, 0.1) is 39.9 Å². The molecule has 0 heterocycles. The van der Waals surface area contributed by atoms with Crippen LogP contribution in [0.1, 0.15) is 47.9 Å². The van der Waals surface area contributed by atoms with Gasteiger partial charge in [0.15, 0.2) is 0 Å². The predicted molar refractivity (Wildman–Crippen MR) is 233 cm³/mol. The fourth-order valence-corrected chi connectivity index (χ4v) is 6.52. The number of carboxylic acid groups (broad SMARTS) is 1. The van der Waals surface area contributed by atoms with E-state index in [1.807, 2.05) is 105 Å². The number of ether oxygens (including phenoxy) is 7. The van der Waals surface area contributed by atoms with Crippen LogP contribution in [0.3, 0.4) is 0 Å². The summed E-state index contributed by atoms with van der Waals surface area (Å²) in [4.78, 5) is 53.3. The topological polar surface area (TPSA) is 160 Å². The highest BCUT2D eigenvalue weighted by Crippen LogP contribution is 2.28. The molecule has 0 spiro atoms. The molecular formula is C48H60N2O12. The first-order valence-corrected chi connectivity index (χ1v) is 20.6. The van der Waals surface area contributed by atoms with E-state index in [9.17, 15) is 19.2 Å². The number of likely N-dealkylation sites (N-methyl/N-ethyl adjacent to an activating group) is 2. The molecule has 0 aliphatic heterocycles. The van der Waals surface area contributed by atoms with Crippen LogP contribution in [0, 0.1) is 0 Å². The molecule has 0 saturated carbocycles. The van der Waals surface area contributed by atoms with Crippen molar-refractivity contribution in [2.45, 2.75) is 63.6 Å². The number of aliphatic carboxylic acids is 1. The molecule has 0 bridgehead atoms. The van der Waals surface area contributed by atoms with Gasteiger partial charge in [0.25, 0.3) is 0 Å². The van der Waals surface area contributed by atoms with Gasteiger partial charge in [0.1, 0.15) is 54.2 Å². The SMILES string of the molecule is COc1cccc(CCc2ccc(OC(=O)CCC(=O)O[C@@H](COc3ccccc3CCc3cccc(OC)c3)CN(C)C)cc2OC[C@H](CN(C)C)OC(=O)CCC(=O)O)c1. The first kappa shape index (κ1) is 48.5. The van der Waals surface area contributed by atoms with Crippen LogP contribution in [0.4, 0.5) is 0 Å². The third kappa shape index (κ3) is 17.8. The third-order valence-corrected chi connectivity index (χ3v) is 9.54. The highest BCUT2D eigenvalue weighted by Gasteiger charge is 2.21. The quantitative estimate of drug-likeness (QED) is 0.0531. The lowest BCUT2D eigenvalue weighted by Crippen LogP contribution is -2.35. The molecule has 334 valence electrons. The number of hydrogen-bond donors (Lipinski definition) is 1. The van der Waals surface area contributed by atoms with Gasteiger partial charge < -0.3 is 48.1 Å². The monoisotopic (exact) mass is 856 g/mol. The fraction of sp³-hybridized carbons (Fsp3) is 0.417. The summed E-state index contributed by atoms with van der Waals surface area (Å²) in [5, 5.41) is 9.00. The van der Waals surface area contributed by atoms with Crippen molar-refractivity contribution in [3.63, 3.8) is 0 Å². The van der Waals surface area contributed by atoms with E-state index in [1.54, 1.807) is 32.4 Å². The Kier molecular flexibility index (Phi) is 20.0. The minimum atomic E-state index is -1.10. The number of carboxylic acids is 1. The molecule has 0 aliphatic carbocycles. The molecular weight excluding hydrogens is 797 g/mol. The molecule has 4 rings (SSSR count). The van der Waals surface area contributed by atoms with Crippen molar-refractivity contribution in [1.82, 2.24) is 9.80 Å². The Morgan fingerprint density at radius 2 is 1.03 bits per heavy atom. The van der Waals surface area contributed by atoms with Gasteiger partial charge in [-0.05, 0) is 113 Å². The van der Waals surface area contributed by atoms with E-state index >= 15 is 0 Å². The number of nitrogens with zero attached hydrogens (tertiary/aromatic N) is 2. The van der Waals surface area contributed by atoms with E-state index in [0.717, 1.165) is 46.6 Å². The number of rotatable bonds is 27. The molecule has 0 unspecified atom stereocenters. The van der Waals surface area contributed by atoms with E-state index in [1.165, 1.54) is 0 Å². The summed E-state index contributed by atoms with van der Waals surface area (Å²) in [6, 6.07) is 28.5. The van der Waals surface area contributed by atoms with Gasteiger partial charge in [-0.3, -0.25) is 19.2 Å². The number of carbonyl (C=O) groups is 4. The number of esters is 3. The Bertz CT molecular complexity index is 2050. The van der Waals surface area contributed by atoms with Crippen molar-refractivity contribution in [1.29, 1.82) is 0 Å². The molecule has 14 heteroatoms. The highest BCUT2D eigenvalue weighted by atomic mass is 16.6. The lowest BCUT2D eigenvalue weighted by Gasteiger charge is -2.23. The lowest BCUT2D eigenvalue weighted by molar-refractivity contribution is -0.154. The fourth-order valence-electron chi connectivity index (χ4n) is 6.52. The first-order chi connectivity index (χ1) is 29.8. The largest absolute Gasteiger partial charge is 0.497 e. The number of carbonyl (C=O) groups excluding carboxylic acids is 3. The van der Waals surface area contributed by atoms with Crippen LogP contribution in [-0.2, 0) is 54.3 Å². The van der Waals surface area contributed by atoms with E-state index in [-0.39, 0.29) is 44.6 Å². The average Bonchev–Trinajstić information content (AvgIpc) is 3.25. The Balaban J connectivity index is 1.37. The van der Waals surface area contributed by atoms with Crippen LogP contribution in [0.25, 0.3) is 0 Å². The Morgan fingerprint density at radius 3 is 1.56 bits per heavy atom. The molecule has 0 aromatic heterocycles. The summed E-state index contributed by atoms with van der Waals surface area (Å²) in [5.74, 6) is -0.0829. The van der Waals surface area contributed by atoms with Crippen LogP contribution in [0.5, 0.6) is 28.7 Å². The number of methoxy groups -OCH3 is 2. The summed E-state index contributed by atoms with van der Waals surface area (Å²) in [7, 11) is 10.6. The van der Waals surface area contributed by atoms with Gasteiger partial charge in [0, 0.05) is 19.2 Å². The predicted octanol–water partition coefficient (Wildman–Crippen LogP) is 6.23. The molecule has 0 fully saturated rings. The first-order valence-electron chi connectivity index (χ1n) is 20.6. The lowest BCUT2D eigenvalue weighted by atomic mass is 10.0. The third-order valence-electron chi connectivity index (χ3n) is 9.54. The van der Waals surface area contributed by atoms with Crippen molar-refractivity contribution in [3.05, 3.63) is 113 Å². The van der Waals surface area contributed by atoms with Crippen molar-refractivity contribution >= 4 is 23.9 Å². The highest BCUT2D eigenvalue weighted by molar-refractivity contribution is 5.79. The summed E-state index contributed by atoms with van der Waals surface area (Å²) in [5.41, 5.74) is 4.02. The minimum Gasteiger partial charge on any atom is -0.497 e. The smallest absolute Gasteiger partial charge is 0.311 e. The molecule has 0 saturated heterocycles. The van der Waals surface area contributed by atoms with Crippen molar-refractivity contribution in [2.24, 2.45) is 0 Å². The number of aryl methyl sites for hydroxylation is 4. The van der Waals surface area contributed by atoms with Crippen LogP contribution in [0.2, 0.25) is 0 Å². The van der Waals surface area contributed by atoms with E-state index in [2.05, 4.69) is 6.07 Å². The standard InChI is InChI=1S/C48H60N2O12/c1-49(2)30-41(32-58-43-16-8-7-13-36(43)19-17-34-11-9-14-38(27-34)56-5)62-48(55)26-25-47(54)60-40-22-21-37(20-18-35-12-10-15-39(28-35)57-6)44(29-40)59-33-42(31-50(3)4)61-46(53)24-23-45(51)52/h7-16,21-22,27-29,41-42H,17-20,23-26,30-33H2,1-6H3,(H,51,52)/t41-,42+/m1/s1.